The molecule has 2 N–H and O–H groups in total. The topological polar surface area (TPSA) is 101 Å². The highest BCUT2D eigenvalue weighted by Gasteiger charge is 2.08. The summed E-state index contributed by atoms with van der Waals surface area (Å²) in [7, 11) is 0. The third-order valence-electron chi connectivity index (χ3n) is 3.02. The fourth-order valence-electron chi connectivity index (χ4n) is 2.00. The summed E-state index contributed by atoms with van der Waals surface area (Å²) in [6.45, 7) is 1.92. The smallest absolute Gasteiger partial charge is 0.251 e. The van der Waals surface area contributed by atoms with Gasteiger partial charge in [-0.3, -0.25) is 9.59 Å². The molecule has 0 bridgehead atoms. The monoisotopic (exact) mass is 330 g/mol. The van der Waals surface area contributed by atoms with Crippen molar-refractivity contribution >= 4 is 33.8 Å². The first kappa shape index (κ1) is 15.1. The molecule has 2 amide bonds. The quantitative estimate of drug-likeness (QED) is 0.730. The zero-order valence-electron chi connectivity index (χ0n) is 12.3. The molecule has 2 aromatic heterocycles. The Bertz CT molecular complexity index is 810. The predicted octanol–water partition coefficient (Wildman–Crippen LogP) is 1.12. The van der Waals surface area contributed by atoms with Crippen molar-refractivity contribution < 1.29 is 9.59 Å². The average molecular weight is 330 g/mol. The van der Waals surface area contributed by atoms with Crippen molar-refractivity contribution in [3.63, 3.8) is 0 Å². The maximum atomic E-state index is 12.0. The molecule has 0 spiro atoms. The average Bonchev–Trinajstić information content (AvgIpc) is 3.08. The second kappa shape index (κ2) is 6.53. The molecule has 0 unspecified atom stereocenters. The summed E-state index contributed by atoms with van der Waals surface area (Å²) >= 11 is 1.45. The fourth-order valence-corrected chi connectivity index (χ4v) is 2.81. The Kier molecular flexibility index (Phi) is 4.29. The first-order valence-corrected chi connectivity index (χ1v) is 7.75. The molecule has 118 valence electrons. The third kappa shape index (κ3) is 3.69. The lowest BCUT2D eigenvalue weighted by molar-refractivity contribution is -0.114. The third-order valence-corrected chi connectivity index (χ3v) is 3.99. The van der Waals surface area contributed by atoms with E-state index in [0.717, 1.165) is 9.97 Å². The molecule has 0 aliphatic carbocycles. The summed E-state index contributed by atoms with van der Waals surface area (Å²) in [4.78, 5) is 23.7. The van der Waals surface area contributed by atoms with Crippen molar-refractivity contribution in [3.05, 3.63) is 41.2 Å². The van der Waals surface area contributed by atoms with Gasteiger partial charge in [-0.15, -0.1) is 10.2 Å². The van der Waals surface area contributed by atoms with Crippen molar-refractivity contribution in [3.8, 4) is 0 Å². The van der Waals surface area contributed by atoms with Gasteiger partial charge in [-0.1, -0.05) is 11.3 Å². The molecule has 0 aliphatic rings. The van der Waals surface area contributed by atoms with Gasteiger partial charge in [0.1, 0.15) is 11.3 Å². The molecule has 0 fully saturated rings. The van der Waals surface area contributed by atoms with Crippen LogP contribution in [0.4, 0.5) is 5.69 Å². The number of rotatable bonds is 5. The molecule has 3 rings (SSSR count). The van der Waals surface area contributed by atoms with Crippen molar-refractivity contribution in [1.82, 2.24) is 25.1 Å². The van der Waals surface area contributed by atoms with E-state index >= 15 is 0 Å². The molecular formula is C14H14N6O2S. The number of hydrogen-bond donors (Lipinski definition) is 2. The van der Waals surface area contributed by atoms with E-state index in [0.29, 0.717) is 24.2 Å². The maximum absolute atomic E-state index is 12.0. The van der Waals surface area contributed by atoms with E-state index in [4.69, 9.17) is 0 Å². The van der Waals surface area contributed by atoms with Gasteiger partial charge in [0.05, 0.1) is 0 Å². The van der Waals surface area contributed by atoms with Gasteiger partial charge in [-0.2, -0.15) is 9.61 Å². The molecule has 9 heteroatoms. The maximum Gasteiger partial charge on any atom is 0.251 e. The summed E-state index contributed by atoms with van der Waals surface area (Å²) in [5.74, 6) is -0.311. The number of nitrogens with zero attached hydrogens (tertiary/aromatic N) is 4. The van der Waals surface area contributed by atoms with Crippen molar-refractivity contribution in [1.29, 1.82) is 0 Å². The molecule has 0 saturated carbocycles. The minimum Gasteiger partial charge on any atom is -0.352 e. The van der Waals surface area contributed by atoms with Gasteiger partial charge in [-0.25, -0.2) is 0 Å². The molecule has 0 aliphatic heterocycles. The molecule has 0 saturated heterocycles. The van der Waals surface area contributed by atoms with Crippen LogP contribution in [-0.2, 0) is 11.2 Å². The number of fused-ring (bicyclic) bond motifs is 1. The van der Waals surface area contributed by atoms with E-state index in [1.54, 1.807) is 35.1 Å². The van der Waals surface area contributed by atoms with Crippen molar-refractivity contribution in [2.45, 2.75) is 13.3 Å². The number of amides is 2. The first-order valence-electron chi connectivity index (χ1n) is 6.93. The molecule has 8 nitrogen and oxygen atoms in total. The number of carbonyl (C=O) groups excluding carboxylic acids is 2. The number of aromatic nitrogens is 4. The summed E-state index contributed by atoms with van der Waals surface area (Å²) < 4.78 is 1.61. The minimum atomic E-state index is -0.164. The number of anilines is 1. The van der Waals surface area contributed by atoms with Crippen LogP contribution in [0.2, 0.25) is 0 Å². The van der Waals surface area contributed by atoms with Crippen LogP contribution in [0.3, 0.4) is 0 Å². The van der Waals surface area contributed by atoms with Crippen molar-refractivity contribution in [2.24, 2.45) is 0 Å². The number of benzene rings is 1. The lowest BCUT2D eigenvalue weighted by Crippen LogP contribution is -2.25. The molecule has 3 aromatic rings. The van der Waals surface area contributed by atoms with Crippen LogP contribution in [0.25, 0.3) is 4.96 Å². The summed E-state index contributed by atoms with van der Waals surface area (Å²) in [5.41, 5.74) is 1.20. The zero-order valence-corrected chi connectivity index (χ0v) is 13.1. The molecule has 23 heavy (non-hydrogen) atoms. The van der Waals surface area contributed by atoms with Crippen LogP contribution < -0.4 is 10.6 Å². The normalized spacial score (nSPS) is 10.7. The standard InChI is InChI=1S/C14H14N6O2S/c1-9(21)17-11-4-2-10(3-5-11)13(22)15-7-6-12-19-20-8-16-18-14(20)23-12/h2-5,8H,6-7H2,1H3,(H,15,22)(H,17,21). The largest absolute Gasteiger partial charge is 0.352 e. The summed E-state index contributed by atoms with van der Waals surface area (Å²) in [6.07, 6.45) is 2.17. The van der Waals surface area contributed by atoms with Gasteiger partial charge >= 0.3 is 0 Å². The van der Waals surface area contributed by atoms with E-state index < -0.39 is 0 Å². The highest BCUT2D eigenvalue weighted by Crippen LogP contribution is 2.12. The second-order valence-electron chi connectivity index (χ2n) is 4.82. The highest BCUT2D eigenvalue weighted by atomic mass is 32.1. The van der Waals surface area contributed by atoms with Crippen LogP contribution >= 0.6 is 11.3 Å². The molecule has 1 aromatic carbocycles. The first-order chi connectivity index (χ1) is 11.1. The lowest BCUT2D eigenvalue weighted by atomic mass is 10.2. The zero-order chi connectivity index (χ0) is 16.2. The van der Waals surface area contributed by atoms with Gasteiger partial charge in [-0.05, 0) is 24.3 Å². The van der Waals surface area contributed by atoms with Gasteiger partial charge in [0, 0.05) is 31.1 Å². The summed E-state index contributed by atoms with van der Waals surface area (Å²) in [6, 6.07) is 6.73. The van der Waals surface area contributed by atoms with E-state index in [1.165, 1.54) is 18.3 Å². The van der Waals surface area contributed by atoms with Gasteiger partial charge in [0.25, 0.3) is 5.91 Å². The van der Waals surface area contributed by atoms with Crippen LogP contribution in [0.15, 0.2) is 30.6 Å². The van der Waals surface area contributed by atoms with Crippen LogP contribution in [0, 0.1) is 0 Å². The SMILES string of the molecule is CC(=O)Nc1ccc(C(=O)NCCc2nn3cnnc3s2)cc1. The van der Waals surface area contributed by atoms with E-state index in [2.05, 4.69) is 25.9 Å². The number of nitrogens with one attached hydrogen (secondary N) is 2. The van der Waals surface area contributed by atoms with E-state index in [1.807, 2.05) is 0 Å². The van der Waals surface area contributed by atoms with E-state index in [9.17, 15) is 9.59 Å². The Labute approximate surface area is 135 Å². The predicted molar refractivity (Wildman–Crippen MR) is 85.4 cm³/mol. The number of hydrogen-bond acceptors (Lipinski definition) is 6. The molecule has 0 radical (unpaired) electrons. The Morgan fingerprint density at radius 1 is 1.26 bits per heavy atom. The van der Waals surface area contributed by atoms with Crippen LogP contribution in [0.5, 0.6) is 0 Å². The van der Waals surface area contributed by atoms with Crippen molar-refractivity contribution in [2.75, 3.05) is 11.9 Å². The minimum absolute atomic E-state index is 0.146. The van der Waals surface area contributed by atoms with Gasteiger partial charge in [0.15, 0.2) is 0 Å². The van der Waals surface area contributed by atoms with E-state index in [-0.39, 0.29) is 11.8 Å². The Morgan fingerprint density at radius 3 is 2.74 bits per heavy atom. The molecule has 2 heterocycles. The Hall–Kier alpha value is -2.81. The van der Waals surface area contributed by atoms with Crippen LogP contribution in [0.1, 0.15) is 22.3 Å². The summed E-state index contributed by atoms with van der Waals surface area (Å²) in [5, 5.41) is 18.3. The highest BCUT2D eigenvalue weighted by molar-refractivity contribution is 7.16. The lowest BCUT2D eigenvalue weighted by Gasteiger charge is -2.05. The second-order valence-corrected chi connectivity index (χ2v) is 5.86. The Balaban J connectivity index is 1.52. The Morgan fingerprint density at radius 2 is 2.04 bits per heavy atom. The van der Waals surface area contributed by atoms with Gasteiger partial charge in [0.2, 0.25) is 10.9 Å². The molecule has 0 atom stereocenters. The fraction of sp³-hybridized carbons (Fsp3) is 0.214. The van der Waals surface area contributed by atoms with Crippen LogP contribution in [-0.4, -0.2) is 38.2 Å². The number of carbonyl (C=O) groups is 2. The molecular weight excluding hydrogens is 316 g/mol. The van der Waals surface area contributed by atoms with Gasteiger partial charge < -0.3 is 10.6 Å².